The molecule has 10 heteroatoms. The number of carbonyl (C=O) groups is 2. The highest BCUT2D eigenvalue weighted by Gasteiger charge is 2.12. The number of benzene rings is 2. The quantitative estimate of drug-likeness (QED) is 0.487. The topological polar surface area (TPSA) is 124 Å². The van der Waals surface area contributed by atoms with Crippen molar-refractivity contribution >= 4 is 17.5 Å². The number of carbonyl (C=O) groups excluding carboxylic acids is 2. The monoisotopic (exact) mass is 415 g/mol. The maximum Gasteiger partial charge on any atom is 0.272 e. The summed E-state index contributed by atoms with van der Waals surface area (Å²) in [4.78, 5) is 40.5. The van der Waals surface area contributed by atoms with E-state index in [1.807, 2.05) is 6.07 Å². The van der Waals surface area contributed by atoms with E-state index in [-0.39, 0.29) is 17.8 Å². The fraction of sp³-hybridized carbons (Fsp3) is 0.0476. The molecular weight excluding hydrogens is 398 g/mol. The van der Waals surface area contributed by atoms with Crippen molar-refractivity contribution in [2.75, 3.05) is 11.9 Å². The van der Waals surface area contributed by atoms with Gasteiger partial charge in [0.2, 0.25) is 5.91 Å². The lowest BCUT2D eigenvalue weighted by Gasteiger charge is -2.09. The number of hydrogen-bond donors (Lipinski definition) is 2. The van der Waals surface area contributed by atoms with Crippen molar-refractivity contribution in [3.63, 3.8) is 0 Å². The molecule has 0 unspecified atom stereocenters. The van der Waals surface area contributed by atoms with Crippen LogP contribution in [0.1, 0.15) is 10.5 Å². The summed E-state index contributed by atoms with van der Waals surface area (Å²) >= 11 is 0. The van der Waals surface area contributed by atoms with Crippen LogP contribution in [0.15, 0.2) is 84.2 Å². The molecule has 0 aliphatic carbocycles. The van der Waals surface area contributed by atoms with Gasteiger partial charge in [0.05, 0.1) is 17.9 Å². The summed E-state index contributed by atoms with van der Waals surface area (Å²) in [7, 11) is 0. The second-order valence-corrected chi connectivity index (χ2v) is 6.42. The average molecular weight is 415 g/mol. The summed E-state index contributed by atoms with van der Waals surface area (Å²) in [5, 5.41) is 13.3. The van der Waals surface area contributed by atoms with Crippen LogP contribution in [0.4, 0.5) is 5.69 Å². The van der Waals surface area contributed by atoms with Crippen LogP contribution in [0.25, 0.3) is 11.4 Å². The molecule has 4 aromatic rings. The van der Waals surface area contributed by atoms with Crippen LogP contribution in [0.3, 0.4) is 0 Å². The summed E-state index contributed by atoms with van der Waals surface area (Å²) in [5.41, 5.74) is 1.56. The standard InChI is InChI=1S/C21H17N7O3/c29-19(25-15-6-8-16(9-7-15)27-14-22-13-24-27)12-23-21(31)18-10-11-20(30)28(26-18)17-4-2-1-3-5-17/h1-11,13-14H,12H2,(H,23,31)(H,25,29). The third-order valence-corrected chi connectivity index (χ3v) is 4.28. The number of hydrogen-bond acceptors (Lipinski definition) is 6. The molecule has 0 aliphatic rings. The highest BCUT2D eigenvalue weighted by Crippen LogP contribution is 2.12. The van der Waals surface area contributed by atoms with Gasteiger partial charge in [-0.05, 0) is 42.5 Å². The Kier molecular flexibility index (Phi) is 5.61. The first-order valence-corrected chi connectivity index (χ1v) is 9.29. The van der Waals surface area contributed by atoms with Gasteiger partial charge in [0, 0.05) is 11.8 Å². The van der Waals surface area contributed by atoms with Crippen LogP contribution in [0.2, 0.25) is 0 Å². The predicted molar refractivity (Wildman–Crippen MR) is 112 cm³/mol. The zero-order chi connectivity index (χ0) is 21.6. The van der Waals surface area contributed by atoms with Crippen molar-refractivity contribution in [2.24, 2.45) is 0 Å². The molecule has 31 heavy (non-hydrogen) atoms. The number of nitrogens with zero attached hydrogens (tertiary/aromatic N) is 5. The average Bonchev–Trinajstić information content (AvgIpc) is 3.34. The highest BCUT2D eigenvalue weighted by molar-refractivity contribution is 5.98. The van der Waals surface area contributed by atoms with E-state index in [2.05, 4.69) is 25.8 Å². The van der Waals surface area contributed by atoms with Gasteiger partial charge in [-0.3, -0.25) is 14.4 Å². The molecule has 10 nitrogen and oxygen atoms in total. The van der Waals surface area contributed by atoms with Crippen molar-refractivity contribution < 1.29 is 9.59 Å². The first-order valence-electron chi connectivity index (χ1n) is 9.29. The van der Waals surface area contributed by atoms with Gasteiger partial charge in [0.1, 0.15) is 18.3 Å². The van der Waals surface area contributed by atoms with E-state index in [1.54, 1.807) is 59.5 Å². The molecule has 0 atom stereocenters. The Labute approximate surface area is 176 Å². The third-order valence-electron chi connectivity index (χ3n) is 4.28. The summed E-state index contributed by atoms with van der Waals surface area (Å²) in [5.74, 6) is -0.973. The molecule has 2 aromatic carbocycles. The number of nitrogens with one attached hydrogen (secondary N) is 2. The van der Waals surface area contributed by atoms with Gasteiger partial charge in [0.15, 0.2) is 0 Å². The van der Waals surface area contributed by atoms with E-state index in [9.17, 15) is 14.4 Å². The Balaban J connectivity index is 1.36. The van der Waals surface area contributed by atoms with Gasteiger partial charge in [0.25, 0.3) is 11.5 Å². The minimum absolute atomic E-state index is 0.0217. The molecule has 0 radical (unpaired) electrons. The Bertz CT molecular complexity index is 1250. The zero-order valence-electron chi connectivity index (χ0n) is 16.2. The van der Waals surface area contributed by atoms with Crippen molar-refractivity contribution in [1.29, 1.82) is 0 Å². The van der Waals surface area contributed by atoms with Gasteiger partial charge in [-0.25, -0.2) is 9.67 Å². The van der Waals surface area contributed by atoms with Crippen LogP contribution in [-0.2, 0) is 4.79 Å². The van der Waals surface area contributed by atoms with E-state index in [4.69, 9.17) is 0 Å². The second kappa shape index (κ2) is 8.82. The largest absolute Gasteiger partial charge is 0.342 e. The highest BCUT2D eigenvalue weighted by atomic mass is 16.2. The lowest BCUT2D eigenvalue weighted by Crippen LogP contribution is -2.34. The smallest absolute Gasteiger partial charge is 0.272 e. The van der Waals surface area contributed by atoms with Gasteiger partial charge in [-0.2, -0.15) is 14.9 Å². The van der Waals surface area contributed by atoms with Gasteiger partial charge >= 0.3 is 0 Å². The van der Waals surface area contributed by atoms with Crippen molar-refractivity contribution in [1.82, 2.24) is 29.9 Å². The van der Waals surface area contributed by atoms with Crippen LogP contribution in [-0.4, -0.2) is 42.9 Å². The minimum atomic E-state index is -0.568. The fourth-order valence-electron chi connectivity index (χ4n) is 2.78. The number of rotatable bonds is 6. The van der Waals surface area contributed by atoms with Crippen molar-refractivity contribution in [3.8, 4) is 11.4 Å². The molecule has 2 N–H and O–H groups in total. The first kappa shape index (κ1) is 19.7. The van der Waals surface area contributed by atoms with Crippen molar-refractivity contribution in [2.45, 2.75) is 0 Å². The van der Waals surface area contributed by atoms with Crippen LogP contribution >= 0.6 is 0 Å². The van der Waals surface area contributed by atoms with E-state index in [0.717, 1.165) is 10.4 Å². The maximum absolute atomic E-state index is 12.4. The molecule has 0 saturated carbocycles. The Hall–Kier alpha value is -4.60. The summed E-state index contributed by atoms with van der Waals surface area (Å²) in [6.45, 7) is -0.254. The second-order valence-electron chi connectivity index (χ2n) is 6.42. The molecule has 0 spiro atoms. The molecule has 0 aliphatic heterocycles. The Morgan fingerprint density at radius 1 is 0.903 bits per heavy atom. The molecule has 4 rings (SSSR count). The predicted octanol–water partition coefficient (Wildman–Crippen LogP) is 1.18. The fourth-order valence-corrected chi connectivity index (χ4v) is 2.78. The molecule has 0 fully saturated rings. The van der Waals surface area contributed by atoms with Crippen LogP contribution in [0.5, 0.6) is 0 Å². The SMILES string of the molecule is O=C(CNC(=O)c1ccc(=O)n(-c2ccccc2)n1)Nc1ccc(-n2cncn2)cc1. The zero-order valence-corrected chi connectivity index (χ0v) is 16.2. The van der Waals surface area contributed by atoms with Crippen molar-refractivity contribution in [3.05, 3.63) is 95.4 Å². The summed E-state index contributed by atoms with van der Waals surface area (Å²) in [6.07, 6.45) is 3.00. The minimum Gasteiger partial charge on any atom is -0.342 e. The molecule has 2 amide bonds. The lowest BCUT2D eigenvalue weighted by atomic mass is 10.3. The molecule has 0 saturated heterocycles. The van der Waals surface area contributed by atoms with E-state index in [1.165, 1.54) is 18.5 Å². The Morgan fingerprint density at radius 2 is 1.68 bits per heavy atom. The molecular formula is C21H17N7O3. The van der Waals surface area contributed by atoms with E-state index < -0.39 is 11.8 Å². The Morgan fingerprint density at radius 3 is 2.39 bits per heavy atom. The van der Waals surface area contributed by atoms with Crippen LogP contribution < -0.4 is 16.2 Å². The number of aromatic nitrogens is 5. The maximum atomic E-state index is 12.4. The van der Waals surface area contributed by atoms with E-state index >= 15 is 0 Å². The van der Waals surface area contributed by atoms with Gasteiger partial charge in [-0.15, -0.1) is 0 Å². The number of para-hydroxylation sites is 1. The first-order chi connectivity index (χ1) is 15.1. The molecule has 2 aromatic heterocycles. The molecule has 0 bridgehead atoms. The number of amides is 2. The van der Waals surface area contributed by atoms with Gasteiger partial charge in [-0.1, -0.05) is 18.2 Å². The normalized spacial score (nSPS) is 10.5. The van der Waals surface area contributed by atoms with Crippen LogP contribution in [0, 0.1) is 0 Å². The van der Waals surface area contributed by atoms with E-state index in [0.29, 0.717) is 11.4 Å². The number of anilines is 1. The summed E-state index contributed by atoms with van der Waals surface area (Å²) in [6, 6.07) is 18.3. The lowest BCUT2D eigenvalue weighted by molar-refractivity contribution is -0.115. The molecule has 2 heterocycles. The van der Waals surface area contributed by atoms with Gasteiger partial charge < -0.3 is 10.6 Å². The third kappa shape index (κ3) is 4.70. The molecule has 154 valence electrons. The summed E-state index contributed by atoms with van der Waals surface area (Å²) < 4.78 is 2.72.